The fourth-order valence-electron chi connectivity index (χ4n) is 3.61. The highest BCUT2D eigenvalue weighted by atomic mass is 16.3. The number of benzene rings is 2. The number of hydrogen-bond donors (Lipinski definition) is 3. The number of nitrogens with zero attached hydrogens (tertiary/aromatic N) is 1. The van der Waals surface area contributed by atoms with E-state index in [1.54, 1.807) is 4.90 Å². The molecule has 0 saturated carbocycles. The summed E-state index contributed by atoms with van der Waals surface area (Å²) < 4.78 is 5.91. The molecule has 4 rings (SSSR count). The van der Waals surface area contributed by atoms with Crippen LogP contribution >= 0.6 is 0 Å². The molecule has 0 spiro atoms. The van der Waals surface area contributed by atoms with Crippen LogP contribution in [0.15, 0.2) is 59.0 Å². The average molecular weight is 380 g/mol. The second-order valence-corrected chi connectivity index (χ2v) is 7.38. The van der Waals surface area contributed by atoms with Gasteiger partial charge in [-0.1, -0.05) is 30.3 Å². The summed E-state index contributed by atoms with van der Waals surface area (Å²) >= 11 is 0. The number of aliphatic hydroxyl groups is 2. The first-order valence-corrected chi connectivity index (χ1v) is 9.54. The van der Waals surface area contributed by atoms with E-state index in [1.807, 2.05) is 54.6 Å². The summed E-state index contributed by atoms with van der Waals surface area (Å²) in [5.41, 5.74) is 1.38. The first kappa shape index (κ1) is 18.5. The fraction of sp³-hybridized carbons (Fsp3) is 0.318. The van der Waals surface area contributed by atoms with Crippen molar-refractivity contribution in [3.05, 3.63) is 54.6 Å². The maximum atomic E-state index is 12.6. The van der Waals surface area contributed by atoms with Crippen LogP contribution in [0.1, 0.15) is 19.3 Å². The Balaban J connectivity index is 1.48. The van der Waals surface area contributed by atoms with Gasteiger partial charge >= 0.3 is 6.03 Å². The molecule has 28 heavy (non-hydrogen) atoms. The van der Waals surface area contributed by atoms with Crippen LogP contribution in [-0.2, 0) is 0 Å². The molecule has 1 saturated heterocycles. The summed E-state index contributed by atoms with van der Waals surface area (Å²) in [4.78, 5) is 14.3. The Hall–Kier alpha value is -2.83. The molecule has 146 valence electrons. The van der Waals surface area contributed by atoms with Crippen LogP contribution in [0.5, 0.6) is 0 Å². The highest BCUT2D eigenvalue weighted by Crippen LogP contribution is 2.29. The number of amides is 2. The number of carbonyl (C=O) groups is 1. The topological polar surface area (TPSA) is 85.9 Å². The van der Waals surface area contributed by atoms with E-state index in [0.717, 1.165) is 22.3 Å². The van der Waals surface area contributed by atoms with E-state index in [4.69, 9.17) is 4.42 Å². The predicted octanol–water partition coefficient (Wildman–Crippen LogP) is 3.84. The van der Waals surface area contributed by atoms with Crippen molar-refractivity contribution in [1.82, 2.24) is 4.90 Å². The first-order valence-electron chi connectivity index (χ1n) is 9.54. The predicted molar refractivity (Wildman–Crippen MR) is 108 cm³/mol. The van der Waals surface area contributed by atoms with Crippen LogP contribution in [0.2, 0.25) is 0 Å². The number of carbonyl (C=O) groups excluding carboxylic acids is 1. The molecule has 0 aliphatic carbocycles. The van der Waals surface area contributed by atoms with Crippen LogP contribution in [0, 0.1) is 0 Å². The molecule has 0 bridgehead atoms. The molecule has 3 N–H and O–H groups in total. The van der Waals surface area contributed by atoms with Gasteiger partial charge in [0.1, 0.15) is 11.3 Å². The zero-order chi connectivity index (χ0) is 19.6. The lowest BCUT2D eigenvalue weighted by atomic mass is 9.96. The summed E-state index contributed by atoms with van der Waals surface area (Å²) in [6.45, 7) is 0.693. The highest BCUT2D eigenvalue weighted by molar-refractivity contribution is 5.93. The molecular weight excluding hydrogens is 356 g/mol. The van der Waals surface area contributed by atoms with Gasteiger partial charge in [0.2, 0.25) is 0 Å². The number of likely N-dealkylation sites (tertiary alicyclic amines) is 1. The van der Waals surface area contributed by atoms with Crippen LogP contribution in [0.4, 0.5) is 10.5 Å². The van der Waals surface area contributed by atoms with E-state index in [0.29, 0.717) is 38.0 Å². The molecule has 2 aromatic carbocycles. The molecule has 1 unspecified atom stereocenters. The largest absolute Gasteiger partial charge is 0.456 e. The Labute approximate surface area is 163 Å². The van der Waals surface area contributed by atoms with Gasteiger partial charge in [-0.05, 0) is 43.5 Å². The molecule has 2 amide bonds. The van der Waals surface area contributed by atoms with Crippen molar-refractivity contribution in [3.63, 3.8) is 0 Å². The molecule has 2 heterocycles. The van der Waals surface area contributed by atoms with Crippen LogP contribution < -0.4 is 5.32 Å². The van der Waals surface area contributed by atoms with Crippen molar-refractivity contribution in [2.24, 2.45) is 0 Å². The van der Waals surface area contributed by atoms with Gasteiger partial charge in [-0.2, -0.15) is 0 Å². The lowest BCUT2D eigenvalue weighted by molar-refractivity contribution is -0.0247. The minimum Gasteiger partial charge on any atom is -0.456 e. The van der Waals surface area contributed by atoms with Gasteiger partial charge in [-0.25, -0.2) is 4.79 Å². The number of urea groups is 1. The second-order valence-electron chi connectivity index (χ2n) is 7.38. The summed E-state index contributed by atoms with van der Waals surface area (Å²) in [6.07, 6.45) is 1.53. The van der Waals surface area contributed by atoms with Crippen molar-refractivity contribution in [2.45, 2.75) is 24.9 Å². The molecule has 1 atom stereocenters. The van der Waals surface area contributed by atoms with Gasteiger partial charge in [0, 0.05) is 29.7 Å². The summed E-state index contributed by atoms with van der Waals surface area (Å²) in [7, 11) is 0. The van der Waals surface area contributed by atoms with Gasteiger partial charge in [0.25, 0.3) is 0 Å². The zero-order valence-corrected chi connectivity index (χ0v) is 15.6. The highest BCUT2D eigenvalue weighted by Gasteiger charge is 2.30. The summed E-state index contributed by atoms with van der Waals surface area (Å²) in [6, 6.07) is 17.2. The summed E-state index contributed by atoms with van der Waals surface area (Å²) in [5.74, 6) is 0.787. The lowest BCUT2D eigenvalue weighted by Crippen LogP contribution is -2.38. The third-order valence-electron chi connectivity index (χ3n) is 5.32. The standard InChI is InChI=1S/C22H24N2O4/c25-15-22(27)9-4-11-24(12-10-22)21(26)23-18-7-8-19-17(13-18)14-20(28-19)16-5-2-1-3-6-16/h1-3,5-8,13-14,25,27H,4,9-12,15H2,(H,23,26). The van der Waals surface area contributed by atoms with E-state index >= 15 is 0 Å². The van der Waals surface area contributed by atoms with Crippen LogP contribution in [-0.4, -0.2) is 46.4 Å². The van der Waals surface area contributed by atoms with Gasteiger partial charge < -0.3 is 24.8 Å². The average Bonchev–Trinajstić information content (AvgIpc) is 3.04. The van der Waals surface area contributed by atoms with E-state index in [1.165, 1.54) is 0 Å². The number of aliphatic hydroxyl groups excluding tert-OH is 1. The van der Waals surface area contributed by atoms with Gasteiger partial charge in [0.15, 0.2) is 0 Å². The Morgan fingerprint density at radius 2 is 1.93 bits per heavy atom. The SMILES string of the molecule is O=C(Nc1ccc2oc(-c3ccccc3)cc2c1)N1CCCC(O)(CO)CC1. The van der Waals surface area contributed by atoms with E-state index in [2.05, 4.69) is 5.32 Å². The number of fused-ring (bicyclic) bond motifs is 1. The smallest absolute Gasteiger partial charge is 0.321 e. The Bertz CT molecular complexity index is 969. The second kappa shape index (κ2) is 7.66. The molecule has 1 aromatic heterocycles. The zero-order valence-electron chi connectivity index (χ0n) is 15.6. The van der Waals surface area contributed by atoms with E-state index < -0.39 is 5.60 Å². The Morgan fingerprint density at radius 3 is 2.71 bits per heavy atom. The molecule has 6 nitrogen and oxygen atoms in total. The van der Waals surface area contributed by atoms with Crippen molar-refractivity contribution in [2.75, 3.05) is 25.0 Å². The van der Waals surface area contributed by atoms with Crippen molar-refractivity contribution in [1.29, 1.82) is 0 Å². The molecule has 1 aliphatic rings. The number of furan rings is 1. The van der Waals surface area contributed by atoms with Crippen LogP contribution in [0.25, 0.3) is 22.3 Å². The van der Waals surface area contributed by atoms with Gasteiger partial charge in [-0.3, -0.25) is 0 Å². The molecule has 1 fully saturated rings. The number of nitrogens with one attached hydrogen (secondary N) is 1. The number of hydrogen-bond acceptors (Lipinski definition) is 4. The maximum Gasteiger partial charge on any atom is 0.321 e. The van der Waals surface area contributed by atoms with E-state index in [9.17, 15) is 15.0 Å². The molecular formula is C22H24N2O4. The van der Waals surface area contributed by atoms with Crippen LogP contribution in [0.3, 0.4) is 0 Å². The van der Waals surface area contributed by atoms with Crippen molar-refractivity contribution in [3.8, 4) is 11.3 Å². The quantitative estimate of drug-likeness (QED) is 0.644. The fourth-order valence-corrected chi connectivity index (χ4v) is 3.61. The third kappa shape index (κ3) is 3.88. The number of anilines is 1. The van der Waals surface area contributed by atoms with Crippen molar-refractivity contribution >= 4 is 22.7 Å². The normalized spacial score (nSPS) is 20.1. The molecule has 3 aromatic rings. The Morgan fingerprint density at radius 1 is 1.11 bits per heavy atom. The summed E-state index contributed by atoms with van der Waals surface area (Å²) in [5, 5.41) is 23.4. The molecule has 6 heteroatoms. The molecule has 1 aliphatic heterocycles. The minimum absolute atomic E-state index is 0.201. The Kier molecular flexibility index (Phi) is 5.07. The van der Waals surface area contributed by atoms with E-state index in [-0.39, 0.29) is 12.6 Å². The minimum atomic E-state index is -1.08. The lowest BCUT2D eigenvalue weighted by Gasteiger charge is -2.24. The third-order valence-corrected chi connectivity index (χ3v) is 5.32. The molecule has 0 radical (unpaired) electrons. The van der Waals surface area contributed by atoms with Gasteiger partial charge in [-0.15, -0.1) is 0 Å². The monoisotopic (exact) mass is 380 g/mol. The number of rotatable bonds is 3. The van der Waals surface area contributed by atoms with Crippen molar-refractivity contribution < 1.29 is 19.4 Å². The maximum absolute atomic E-state index is 12.6. The first-order chi connectivity index (χ1) is 13.6. The van der Waals surface area contributed by atoms with Gasteiger partial charge in [0.05, 0.1) is 12.2 Å².